The second-order valence-electron chi connectivity index (χ2n) is 6.93. The summed E-state index contributed by atoms with van der Waals surface area (Å²) < 4.78 is 5.21. The van der Waals surface area contributed by atoms with Gasteiger partial charge in [0.25, 0.3) is 0 Å². The average molecular weight is 300 g/mol. The summed E-state index contributed by atoms with van der Waals surface area (Å²) >= 11 is 0. The highest BCUT2D eigenvalue weighted by molar-refractivity contribution is 5.76. The number of ether oxygens (including phenoxy) is 1. The van der Waals surface area contributed by atoms with E-state index in [-0.39, 0.29) is 11.8 Å². The normalized spacial score (nSPS) is 12.9. The molecular weight excluding hydrogens is 268 g/mol. The van der Waals surface area contributed by atoms with Gasteiger partial charge in [0.1, 0.15) is 5.60 Å². The van der Waals surface area contributed by atoms with Gasteiger partial charge in [-0.2, -0.15) is 0 Å². The van der Waals surface area contributed by atoms with Crippen LogP contribution in [0.3, 0.4) is 0 Å². The lowest BCUT2D eigenvalue weighted by molar-refractivity contribution is -0.122. The highest BCUT2D eigenvalue weighted by atomic mass is 16.6. The van der Waals surface area contributed by atoms with Gasteiger partial charge in [-0.05, 0) is 45.4 Å². The standard InChI is InChI=1S/C16H32N2O3/c1-7-8-17-14(19)10-13(9-12(2)3)11-18-15(20)21-16(4,5)6/h12-13H,7-11H2,1-6H3,(H,17,19)(H,18,20)/t13-/m0/s1. The van der Waals surface area contributed by atoms with Crippen molar-refractivity contribution in [3.8, 4) is 0 Å². The van der Waals surface area contributed by atoms with Crippen LogP contribution in [0.2, 0.25) is 0 Å². The lowest BCUT2D eigenvalue weighted by atomic mass is 9.94. The Labute approximate surface area is 129 Å². The van der Waals surface area contributed by atoms with Crippen molar-refractivity contribution in [1.29, 1.82) is 0 Å². The van der Waals surface area contributed by atoms with Gasteiger partial charge < -0.3 is 15.4 Å². The lowest BCUT2D eigenvalue weighted by Crippen LogP contribution is -2.37. The molecule has 0 aliphatic heterocycles. The average Bonchev–Trinajstić information content (AvgIpc) is 2.30. The van der Waals surface area contributed by atoms with Crippen molar-refractivity contribution in [1.82, 2.24) is 10.6 Å². The molecule has 5 heteroatoms. The lowest BCUT2D eigenvalue weighted by Gasteiger charge is -2.22. The zero-order valence-corrected chi connectivity index (χ0v) is 14.4. The van der Waals surface area contributed by atoms with Crippen molar-refractivity contribution >= 4 is 12.0 Å². The van der Waals surface area contributed by atoms with Gasteiger partial charge in [0.2, 0.25) is 5.91 Å². The topological polar surface area (TPSA) is 67.4 Å². The quantitative estimate of drug-likeness (QED) is 0.724. The van der Waals surface area contributed by atoms with E-state index in [1.54, 1.807) is 0 Å². The number of alkyl carbamates (subject to hydrolysis) is 1. The van der Waals surface area contributed by atoms with Crippen molar-refractivity contribution in [2.45, 2.75) is 66.4 Å². The van der Waals surface area contributed by atoms with Crippen LogP contribution in [0.4, 0.5) is 4.79 Å². The van der Waals surface area contributed by atoms with Crippen LogP contribution in [0.25, 0.3) is 0 Å². The third-order valence-electron chi connectivity index (χ3n) is 2.78. The third kappa shape index (κ3) is 12.2. The van der Waals surface area contributed by atoms with Gasteiger partial charge in [-0.3, -0.25) is 4.79 Å². The summed E-state index contributed by atoms with van der Waals surface area (Å²) in [6, 6.07) is 0. The fourth-order valence-electron chi connectivity index (χ4n) is 2.05. The molecule has 0 saturated heterocycles. The number of nitrogens with one attached hydrogen (secondary N) is 2. The first-order chi connectivity index (χ1) is 9.64. The summed E-state index contributed by atoms with van der Waals surface area (Å²) in [6.45, 7) is 12.9. The molecule has 5 nitrogen and oxygen atoms in total. The first-order valence-corrected chi connectivity index (χ1v) is 7.87. The number of carbonyl (C=O) groups excluding carboxylic acids is 2. The van der Waals surface area contributed by atoms with Crippen LogP contribution in [0.5, 0.6) is 0 Å². The van der Waals surface area contributed by atoms with Gasteiger partial charge in [0, 0.05) is 19.5 Å². The van der Waals surface area contributed by atoms with Crippen LogP contribution in [0, 0.1) is 11.8 Å². The highest BCUT2D eigenvalue weighted by Crippen LogP contribution is 2.15. The molecule has 0 aromatic carbocycles. The molecule has 124 valence electrons. The summed E-state index contributed by atoms with van der Waals surface area (Å²) in [5.41, 5.74) is -0.504. The molecule has 21 heavy (non-hydrogen) atoms. The summed E-state index contributed by atoms with van der Waals surface area (Å²) in [5, 5.41) is 5.64. The Balaban J connectivity index is 4.29. The molecule has 0 radical (unpaired) electrons. The van der Waals surface area contributed by atoms with Crippen LogP contribution < -0.4 is 10.6 Å². The van der Waals surface area contributed by atoms with E-state index >= 15 is 0 Å². The molecule has 0 saturated carbocycles. The molecule has 0 aromatic rings. The van der Waals surface area contributed by atoms with Gasteiger partial charge in [-0.25, -0.2) is 4.79 Å². The molecule has 0 heterocycles. The zero-order chi connectivity index (χ0) is 16.5. The first-order valence-electron chi connectivity index (χ1n) is 7.87. The Bertz CT molecular complexity index is 322. The van der Waals surface area contributed by atoms with E-state index in [1.807, 2.05) is 27.7 Å². The molecule has 0 rings (SSSR count). The molecule has 0 aliphatic rings. The molecule has 0 aromatic heterocycles. The van der Waals surface area contributed by atoms with Gasteiger partial charge >= 0.3 is 6.09 Å². The predicted molar refractivity (Wildman–Crippen MR) is 85.1 cm³/mol. The maximum atomic E-state index is 11.8. The monoisotopic (exact) mass is 300 g/mol. The first kappa shape index (κ1) is 19.7. The molecule has 0 fully saturated rings. The molecule has 2 amide bonds. The SMILES string of the molecule is CCCNC(=O)C[C@@H](CNC(=O)OC(C)(C)C)CC(C)C. The third-order valence-corrected chi connectivity index (χ3v) is 2.78. The van der Waals surface area contributed by atoms with E-state index in [2.05, 4.69) is 24.5 Å². The molecule has 0 aliphatic carbocycles. The Kier molecular flexibility index (Phi) is 9.06. The van der Waals surface area contributed by atoms with Crippen LogP contribution >= 0.6 is 0 Å². The summed E-state index contributed by atoms with van der Waals surface area (Å²) in [4.78, 5) is 23.5. The molecule has 0 spiro atoms. The predicted octanol–water partition coefficient (Wildman–Crippen LogP) is 3.09. The highest BCUT2D eigenvalue weighted by Gasteiger charge is 2.19. The zero-order valence-electron chi connectivity index (χ0n) is 14.4. The second-order valence-corrected chi connectivity index (χ2v) is 6.93. The minimum Gasteiger partial charge on any atom is -0.444 e. The number of amides is 2. The van der Waals surface area contributed by atoms with Crippen molar-refractivity contribution in [2.24, 2.45) is 11.8 Å². The van der Waals surface area contributed by atoms with E-state index in [9.17, 15) is 9.59 Å². The Morgan fingerprint density at radius 3 is 2.24 bits per heavy atom. The van der Waals surface area contributed by atoms with Crippen LogP contribution in [0.15, 0.2) is 0 Å². The largest absolute Gasteiger partial charge is 0.444 e. The minimum absolute atomic E-state index is 0.0495. The van der Waals surface area contributed by atoms with Crippen molar-refractivity contribution in [3.05, 3.63) is 0 Å². The van der Waals surface area contributed by atoms with Gasteiger partial charge in [-0.15, -0.1) is 0 Å². The summed E-state index contributed by atoms with van der Waals surface area (Å²) in [6.07, 6.45) is 1.84. The number of hydrogen-bond acceptors (Lipinski definition) is 3. The van der Waals surface area contributed by atoms with E-state index in [1.165, 1.54) is 0 Å². The Morgan fingerprint density at radius 2 is 1.76 bits per heavy atom. The second kappa shape index (κ2) is 9.64. The molecule has 1 atom stereocenters. The summed E-state index contributed by atoms with van der Waals surface area (Å²) in [5.74, 6) is 0.664. The maximum absolute atomic E-state index is 11.8. The van der Waals surface area contributed by atoms with Crippen molar-refractivity contribution in [2.75, 3.05) is 13.1 Å². The van der Waals surface area contributed by atoms with Crippen molar-refractivity contribution in [3.63, 3.8) is 0 Å². The number of rotatable bonds is 8. The van der Waals surface area contributed by atoms with Gasteiger partial charge in [0.05, 0.1) is 0 Å². The van der Waals surface area contributed by atoms with Gasteiger partial charge in [0.15, 0.2) is 0 Å². The molecular formula is C16H32N2O3. The van der Waals surface area contributed by atoms with Gasteiger partial charge in [-0.1, -0.05) is 20.8 Å². The van der Waals surface area contributed by atoms with Crippen molar-refractivity contribution < 1.29 is 14.3 Å². The number of hydrogen-bond donors (Lipinski definition) is 2. The fourth-order valence-corrected chi connectivity index (χ4v) is 2.05. The van der Waals surface area contributed by atoms with E-state index in [0.29, 0.717) is 25.4 Å². The van der Waals surface area contributed by atoms with Crippen LogP contribution in [-0.2, 0) is 9.53 Å². The number of carbonyl (C=O) groups is 2. The van der Waals surface area contributed by atoms with E-state index in [4.69, 9.17) is 4.74 Å². The molecule has 0 bridgehead atoms. The summed E-state index contributed by atoms with van der Waals surface area (Å²) in [7, 11) is 0. The van der Waals surface area contributed by atoms with E-state index < -0.39 is 11.7 Å². The van der Waals surface area contributed by atoms with E-state index in [0.717, 1.165) is 12.8 Å². The van der Waals surface area contributed by atoms with Crippen LogP contribution in [0.1, 0.15) is 60.8 Å². The molecule has 0 unspecified atom stereocenters. The minimum atomic E-state index is -0.504. The Morgan fingerprint density at radius 1 is 1.14 bits per heavy atom. The molecule has 2 N–H and O–H groups in total. The van der Waals surface area contributed by atoms with Crippen LogP contribution in [-0.4, -0.2) is 30.7 Å². The smallest absolute Gasteiger partial charge is 0.407 e. The fraction of sp³-hybridized carbons (Fsp3) is 0.875. The maximum Gasteiger partial charge on any atom is 0.407 e. The Hall–Kier alpha value is -1.26.